The molecule has 38 heavy (non-hydrogen) atoms. The molecule has 3 atom stereocenters. The van der Waals surface area contributed by atoms with E-state index in [1.54, 1.807) is 20.8 Å². The number of esters is 1. The standard InChI is InChI=1S/C28H49O8PSi/c1-10-33-37(31,34-11-2)21-27(30)36-26(23(4)19-35-38(8,9)28(5,6)7)17-25(29)22(3)18-32-20-24-15-13-12-14-16-24/h12-16,22-23,26H,10-11,17-21H2,1-9H3. The van der Waals surface area contributed by atoms with Crippen LogP contribution in [0.25, 0.3) is 0 Å². The van der Waals surface area contributed by atoms with Gasteiger partial charge in [0.15, 0.2) is 8.32 Å². The third kappa shape index (κ3) is 12.2. The van der Waals surface area contributed by atoms with Gasteiger partial charge < -0.3 is 22.9 Å². The van der Waals surface area contributed by atoms with Crippen LogP contribution in [0.4, 0.5) is 0 Å². The molecule has 1 aromatic rings. The van der Waals surface area contributed by atoms with Crippen LogP contribution in [0, 0.1) is 11.8 Å². The Bertz CT molecular complexity index is 890. The smallest absolute Gasteiger partial charge is 0.341 e. The van der Waals surface area contributed by atoms with Gasteiger partial charge in [-0.1, -0.05) is 65.0 Å². The van der Waals surface area contributed by atoms with E-state index in [0.29, 0.717) is 13.2 Å². The fraction of sp³-hybridized carbons (Fsp3) is 0.714. The second-order valence-corrected chi connectivity index (χ2v) is 18.1. The van der Waals surface area contributed by atoms with E-state index in [0.717, 1.165) is 5.56 Å². The molecule has 0 saturated carbocycles. The minimum absolute atomic E-state index is 0.0111. The lowest BCUT2D eigenvalue weighted by molar-refractivity contribution is -0.151. The Labute approximate surface area is 230 Å². The Morgan fingerprint density at radius 2 is 1.55 bits per heavy atom. The SMILES string of the molecule is CCOP(=O)(CC(=O)OC(CC(=O)C(C)COCc1ccccc1)C(C)CO[Si](C)(C)C(C)(C)C)OCC. The van der Waals surface area contributed by atoms with Gasteiger partial charge in [0.1, 0.15) is 18.0 Å². The summed E-state index contributed by atoms with van der Waals surface area (Å²) in [5, 5.41) is 0.0148. The second-order valence-electron chi connectivity index (χ2n) is 11.3. The number of hydrogen-bond donors (Lipinski definition) is 0. The fourth-order valence-corrected chi connectivity index (χ4v) is 5.88. The molecule has 10 heteroatoms. The van der Waals surface area contributed by atoms with Gasteiger partial charge in [0.25, 0.3) is 0 Å². The van der Waals surface area contributed by atoms with Crippen LogP contribution in [0.2, 0.25) is 18.1 Å². The molecule has 0 aliphatic carbocycles. The van der Waals surface area contributed by atoms with Crippen molar-refractivity contribution in [1.29, 1.82) is 0 Å². The molecule has 0 spiro atoms. The molecule has 0 amide bonds. The summed E-state index contributed by atoms with van der Waals surface area (Å²) in [6, 6.07) is 9.75. The summed E-state index contributed by atoms with van der Waals surface area (Å²) < 4.78 is 41.2. The monoisotopic (exact) mass is 572 g/mol. The van der Waals surface area contributed by atoms with Crippen molar-refractivity contribution in [2.75, 3.05) is 32.6 Å². The van der Waals surface area contributed by atoms with Gasteiger partial charge in [0.05, 0.1) is 26.4 Å². The number of ether oxygens (including phenoxy) is 2. The zero-order valence-corrected chi connectivity index (χ0v) is 26.7. The molecule has 0 aliphatic rings. The summed E-state index contributed by atoms with van der Waals surface area (Å²) in [6.45, 7) is 19.1. The van der Waals surface area contributed by atoms with Crippen LogP contribution in [0.5, 0.6) is 0 Å². The van der Waals surface area contributed by atoms with E-state index >= 15 is 0 Å². The van der Waals surface area contributed by atoms with E-state index in [9.17, 15) is 14.2 Å². The summed E-state index contributed by atoms with van der Waals surface area (Å²) in [6.07, 6.45) is -1.24. The summed E-state index contributed by atoms with van der Waals surface area (Å²) in [7, 11) is -5.68. The number of hydrogen-bond acceptors (Lipinski definition) is 8. The van der Waals surface area contributed by atoms with Gasteiger partial charge in [-0.05, 0) is 37.5 Å². The average Bonchev–Trinajstić information content (AvgIpc) is 2.82. The third-order valence-electron chi connectivity index (χ3n) is 6.84. The molecular weight excluding hydrogens is 523 g/mol. The molecule has 0 aromatic heterocycles. The van der Waals surface area contributed by atoms with Crippen LogP contribution in [0.3, 0.4) is 0 Å². The molecule has 0 radical (unpaired) electrons. The van der Waals surface area contributed by atoms with Crippen LogP contribution in [-0.2, 0) is 43.7 Å². The lowest BCUT2D eigenvalue weighted by atomic mass is 9.95. The van der Waals surface area contributed by atoms with Crippen molar-refractivity contribution in [3.63, 3.8) is 0 Å². The number of ketones is 1. The van der Waals surface area contributed by atoms with Gasteiger partial charge in [0.2, 0.25) is 0 Å². The normalized spacial score (nSPS) is 15.1. The van der Waals surface area contributed by atoms with Crippen LogP contribution in [-0.4, -0.2) is 58.8 Å². The van der Waals surface area contributed by atoms with Crippen molar-refractivity contribution in [2.24, 2.45) is 11.8 Å². The Hall–Kier alpha value is -1.35. The first-order chi connectivity index (χ1) is 17.6. The minimum atomic E-state index is -3.63. The number of benzene rings is 1. The summed E-state index contributed by atoms with van der Waals surface area (Å²) in [4.78, 5) is 26.0. The Kier molecular flexibility index (Phi) is 14.6. The number of rotatable bonds is 18. The number of Topliss-reactive ketones (excluding diaryl/α,β-unsaturated/α-hetero) is 1. The summed E-state index contributed by atoms with van der Waals surface area (Å²) in [5.41, 5.74) is 1.03. The molecule has 8 nitrogen and oxygen atoms in total. The third-order valence-corrected chi connectivity index (χ3v) is 13.3. The predicted molar refractivity (Wildman–Crippen MR) is 153 cm³/mol. The molecule has 0 heterocycles. The highest BCUT2D eigenvalue weighted by molar-refractivity contribution is 7.54. The van der Waals surface area contributed by atoms with Gasteiger partial charge in [-0.2, -0.15) is 0 Å². The molecule has 0 aliphatic heterocycles. The summed E-state index contributed by atoms with van der Waals surface area (Å²) in [5.74, 6) is -1.44. The number of carbonyl (C=O) groups excluding carboxylic acids is 2. The van der Waals surface area contributed by atoms with Crippen molar-refractivity contribution < 1.29 is 37.1 Å². The lowest BCUT2D eigenvalue weighted by Gasteiger charge is -2.37. The van der Waals surface area contributed by atoms with E-state index in [-0.39, 0.29) is 48.9 Å². The van der Waals surface area contributed by atoms with Crippen molar-refractivity contribution in [2.45, 2.75) is 85.7 Å². The van der Waals surface area contributed by atoms with Gasteiger partial charge in [-0.25, -0.2) is 0 Å². The molecule has 0 bridgehead atoms. The Balaban J connectivity index is 2.90. The fourth-order valence-electron chi connectivity index (χ4n) is 3.33. The maximum atomic E-state index is 13.1. The zero-order chi connectivity index (χ0) is 29.0. The molecule has 0 fully saturated rings. The largest absolute Gasteiger partial charge is 0.461 e. The highest BCUT2D eigenvalue weighted by Crippen LogP contribution is 2.48. The molecule has 3 unspecified atom stereocenters. The first-order valence-electron chi connectivity index (χ1n) is 13.5. The quantitative estimate of drug-likeness (QED) is 0.110. The molecule has 0 saturated heterocycles. The first-order valence-corrected chi connectivity index (χ1v) is 18.1. The Morgan fingerprint density at radius 3 is 2.08 bits per heavy atom. The highest BCUT2D eigenvalue weighted by Gasteiger charge is 2.39. The molecule has 218 valence electrons. The molecule has 1 rings (SSSR count). The molecular formula is C28H49O8PSi. The van der Waals surface area contributed by atoms with Crippen molar-refractivity contribution >= 4 is 27.7 Å². The van der Waals surface area contributed by atoms with Gasteiger partial charge in [-0.15, -0.1) is 0 Å². The predicted octanol–water partition coefficient (Wildman–Crippen LogP) is 6.63. The van der Waals surface area contributed by atoms with E-state index in [2.05, 4.69) is 33.9 Å². The van der Waals surface area contributed by atoms with Gasteiger partial charge in [0, 0.05) is 24.9 Å². The van der Waals surface area contributed by atoms with Gasteiger partial charge >= 0.3 is 13.6 Å². The van der Waals surface area contributed by atoms with Gasteiger partial charge in [-0.3, -0.25) is 14.2 Å². The number of carbonyl (C=O) groups is 2. The van der Waals surface area contributed by atoms with E-state index < -0.39 is 34.1 Å². The van der Waals surface area contributed by atoms with Crippen molar-refractivity contribution in [3.05, 3.63) is 35.9 Å². The second kappa shape index (κ2) is 16.0. The summed E-state index contributed by atoms with van der Waals surface area (Å²) >= 11 is 0. The van der Waals surface area contributed by atoms with Crippen LogP contribution < -0.4 is 0 Å². The van der Waals surface area contributed by atoms with Crippen molar-refractivity contribution in [3.8, 4) is 0 Å². The zero-order valence-electron chi connectivity index (χ0n) is 24.8. The van der Waals surface area contributed by atoms with Crippen molar-refractivity contribution in [1.82, 2.24) is 0 Å². The molecule has 1 aromatic carbocycles. The van der Waals surface area contributed by atoms with Crippen LogP contribution in [0.15, 0.2) is 30.3 Å². The van der Waals surface area contributed by atoms with E-state index in [1.165, 1.54) is 0 Å². The maximum Gasteiger partial charge on any atom is 0.341 e. The topological polar surface area (TPSA) is 97.4 Å². The molecule has 0 N–H and O–H groups in total. The first kappa shape index (κ1) is 34.7. The van der Waals surface area contributed by atoms with Crippen LogP contribution in [0.1, 0.15) is 60.5 Å². The van der Waals surface area contributed by atoms with E-state index in [4.69, 9.17) is 22.9 Å². The average molecular weight is 573 g/mol. The van der Waals surface area contributed by atoms with Crippen LogP contribution >= 0.6 is 7.60 Å². The Morgan fingerprint density at radius 1 is 0.974 bits per heavy atom. The van der Waals surface area contributed by atoms with E-state index in [1.807, 2.05) is 37.3 Å². The maximum absolute atomic E-state index is 13.1. The highest BCUT2D eigenvalue weighted by atomic mass is 31.2. The minimum Gasteiger partial charge on any atom is -0.461 e. The lowest BCUT2D eigenvalue weighted by Crippen LogP contribution is -2.43.